The van der Waals surface area contributed by atoms with Gasteiger partial charge in [-0.05, 0) is 49.2 Å². The van der Waals surface area contributed by atoms with Crippen LogP contribution in [0.5, 0.6) is 17.2 Å². The first-order valence-electron chi connectivity index (χ1n) is 8.25. The molecular formula is C19H23ClN2O4. The Hall–Kier alpha value is -2.60. The summed E-state index contributed by atoms with van der Waals surface area (Å²) in [7, 11) is 3.14. The lowest BCUT2D eigenvalue weighted by Gasteiger charge is -2.12. The van der Waals surface area contributed by atoms with Crippen LogP contribution in [0.1, 0.15) is 12.5 Å². The fourth-order valence-electron chi connectivity index (χ4n) is 2.38. The van der Waals surface area contributed by atoms with Crippen LogP contribution in [0.3, 0.4) is 0 Å². The average molecular weight is 379 g/mol. The smallest absolute Gasteiger partial charge is 0.319 e. The fourth-order valence-corrected chi connectivity index (χ4v) is 2.64. The van der Waals surface area contributed by atoms with Crippen LogP contribution in [0.15, 0.2) is 36.4 Å². The van der Waals surface area contributed by atoms with Gasteiger partial charge in [-0.25, -0.2) is 4.79 Å². The molecule has 0 aromatic heterocycles. The highest BCUT2D eigenvalue weighted by molar-refractivity contribution is 6.32. The first kappa shape index (κ1) is 19.7. The van der Waals surface area contributed by atoms with E-state index in [9.17, 15) is 4.79 Å². The van der Waals surface area contributed by atoms with Crippen molar-refractivity contribution in [1.29, 1.82) is 0 Å². The molecule has 0 heterocycles. The second kappa shape index (κ2) is 9.77. The fraction of sp³-hybridized carbons (Fsp3) is 0.316. The van der Waals surface area contributed by atoms with Gasteiger partial charge >= 0.3 is 6.03 Å². The Morgan fingerprint density at radius 2 is 1.77 bits per heavy atom. The van der Waals surface area contributed by atoms with Crippen LogP contribution in [0.25, 0.3) is 0 Å². The number of amides is 2. The molecule has 0 bridgehead atoms. The van der Waals surface area contributed by atoms with E-state index in [2.05, 4.69) is 10.6 Å². The lowest BCUT2D eigenvalue weighted by atomic mass is 10.1. The summed E-state index contributed by atoms with van der Waals surface area (Å²) in [6, 6.07) is 10.5. The van der Waals surface area contributed by atoms with Gasteiger partial charge in [0.05, 0.1) is 25.8 Å². The van der Waals surface area contributed by atoms with E-state index in [0.29, 0.717) is 47.5 Å². The van der Waals surface area contributed by atoms with E-state index in [0.717, 1.165) is 5.56 Å². The number of benzene rings is 2. The molecule has 0 fully saturated rings. The normalized spacial score (nSPS) is 10.2. The predicted octanol–water partition coefficient (Wildman–Crippen LogP) is 4.12. The van der Waals surface area contributed by atoms with E-state index in [1.54, 1.807) is 25.3 Å². The number of hydrogen-bond acceptors (Lipinski definition) is 4. The van der Waals surface area contributed by atoms with Gasteiger partial charge in [0.2, 0.25) is 0 Å². The molecule has 7 heteroatoms. The van der Waals surface area contributed by atoms with Gasteiger partial charge in [0.1, 0.15) is 5.75 Å². The molecule has 0 saturated carbocycles. The van der Waals surface area contributed by atoms with Crippen molar-refractivity contribution < 1.29 is 19.0 Å². The van der Waals surface area contributed by atoms with Crippen LogP contribution in [-0.2, 0) is 6.42 Å². The number of rotatable bonds is 8. The SMILES string of the molecule is CCOc1ccc(CCNC(=O)Nc2ccc(OC)c(Cl)c2)cc1OC. The minimum Gasteiger partial charge on any atom is -0.495 e. The highest BCUT2D eigenvalue weighted by atomic mass is 35.5. The summed E-state index contributed by atoms with van der Waals surface area (Å²) in [5, 5.41) is 5.98. The van der Waals surface area contributed by atoms with E-state index in [1.165, 1.54) is 7.11 Å². The van der Waals surface area contributed by atoms with E-state index < -0.39 is 0 Å². The number of halogens is 1. The molecule has 0 aliphatic heterocycles. The molecule has 2 N–H and O–H groups in total. The van der Waals surface area contributed by atoms with Gasteiger partial charge in [-0.1, -0.05) is 17.7 Å². The summed E-state index contributed by atoms with van der Waals surface area (Å²) >= 11 is 6.04. The Kier molecular flexibility index (Phi) is 7.41. The third-order valence-corrected chi connectivity index (χ3v) is 3.93. The van der Waals surface area contributed by atoms with Crippen LogP contribution in [-0.4, -0.2) is 33.4 Å². The predicted molar refractivity (Wildman–Crippen MR) is 103 cm³/mol. The summed E-state index contributed by atoms with van der Waals surface area (Å²) in [5.74, 6) is 1.95. The largest absolute Gasteiger partial charge is 0.495 e. The van der Waals surface area contributed by atoms with Crippen molar-refractivity contribution in [3.63, 3.8) is 0 Å². The van der Waals surface area contributed by atoms with Gasteiger partial charge in [0.25, 0.3) is 0 Å². The van der Waals surface area contributed by atoms with E-state index in [-0.39, 0.29) is 6.03 Å². The third kappa shape index (κ3) is 5.46. The molecule has 0 unspecified atom stereocenters. The van der Waals surface area contributed by atoms with Crippen molar-refractivity contribution >= 4 is 23.3 Å². The van der Waals surface area contributed by atoms with Crippen molar-refractivity contribution in [2.45, 2.75) is 13.3 Å². The molecule has 0 aliphatic rings. The molecular weight excluding hydrogens is 356 g/mol. The summed E-state index contributed by atoms with van der Waals surface area (Å²) in [4.78, 5) is 12.0. The second-order valence-electron chi connectivity index (χ2n) is 5.40. The molecule has 2 rings (SSSR count). The summed E-state index contributed by atoms with van der Waals surface area (Å²) in [5.41, 5.74) is 1.63. The maximum atomic E-state index is 12.0. The molecule has 2 aromatic rings. The molecule has 26 heavy (non-hydrogen) atoms. The number of hydrogen-bond donors (Lipinski definition) is 2. The summed E-state index contributed by atoms with van der Waals surface area (Å²) < 4.78 is 15.9. The number of nitrogens with one attached hydrogen (secondary N) is 2. The molecule has 140 valence electrons. The molecule has 0 radical (unpaired) electrons. The number of methoxy groups -OCH3 is 2. The monoisotopic (exact) mass is 378 g/mol. The number of carbonyl (C=O) groups is 1. The molecule has 0 saturated heterocycles. The quantitative estimate of drug-likeness (QED) is 0.725. The number of anilines is 1. The van der Waals surface area contributed by atoms with E-state index in [4.69, 9.17) is 25.8 Å². The standard InChI is InChI=1S/C19H23ClN2O4/c1-4-26-17-7-5-13(11-18(17)25-3)9-10-21-19(23)22-14-6-8-16(24-2)15(20)12-14/h5-8,11-12H,4,9-10H2,1-3H3,(H2,21,22,23). The Morgan fingerprint density at radius 1 is 1.04 bits per heavy atom. The van der Waals surface area contributed by atoms with Crippen molar-refractivity contribution in [3.05, 3.63) is 47.0 Å². The summed E-state index contributed by atoms with van der Waals surface area (Å²) in [6.45, 7) is 2.98. The van der Waals surface area contributed by atoms with Crippen molar-refractivity contribution in [3.8, 4) is 17.2 Å². The number of carbonyl (C=O) groups excluding carboxylic acids is 1. The maximum absolute atomic E-state index is 12.0. The van der Waals surface area contributed by atoms with Gasteiger partial charge in [-0.3, -0.25) is 0 Å². The van der Waals surface area contributed by atoms with Gasteiger partial charge < -0.3 is 24.8 Å². The van der Waals surface area contributed by atoms with Gasteiger partial charge in [-0.15, -0.1) is 0 Å². The van der Waals surface area contributed by atoms with Crippen molar-refractivity contribution in [1.82, 2.24) is 5.32 Å². The average Bonchev–Trinajstić information content (AvgIpc) is 2.63. The zero-order valence-electron chi connectivity index (χ0n) is 15.1. The van der Waals surface area contributed by atoms with E-state index in [1.807, 2.05) is 25.1 Å². The topological polar surface area (TPSA) is 68.8 Å². The molecule has 0 spiro atoms. The van der Waals surface area contributed by atoms with Crippen LogP contribution in [0.2, 0.25) is 5.02 Å². The van der Waals surface area contributed by atoms with Crippen LogP contribution >= 0.6 is 11.6 Å². The first-order valence-corrected chi connectivity index (χ1v) is 8.63. The Balaban J connectivity index is 1.85. The molecule has 2 aromatic carbocycles. The minimum absolute atomic E-state index is 0.302. The lowest BCUT2D eigenvalue weighted by Crippen LogP contribution is -2.30. The van der Waals surface area contributed by atoms with Crippen molar-refractivity contribution in [2.75, 3.05) is 32.7 Å². The van der Waals surface area contributed by atoms with E-state index >= 15 is 0 Å². The van der Waals surface area contributed by atoms with Gasteiger partial charge in [-0.2, -0.15) is 0 Å². The first-order chi connectivity index (χ1) is 12.6. The highest BCUT2D eigenvalue weighted by Crippen LogP contribution is 2.28. The minimum atomic E-state index is -0.302. The highest BCUT2D eigenvalue weighted by Gasteiger charge is 2.07. The number of urea groups is 1. The molecule has 0 atom stereocenters. The van der Waals surface area contributed by atoms with Gasteiger partial charge in [0.15, 0.2) is 11.5 Å². The molecule has 0 aliphatic carbocycles. The second-order valence-corrected chi connectivity index (χ2v) is 5.81. The van der Waals surface area contributed by atoms with Crippen molar-refractivity contribution in [2.24, 2.45) is 0 Å². The lowest BCUT2D eigenvalue weighted by molar-refractivity contribution is 0.252. The zero-order chi connectivity index (χ0) is 18.9. The van der Waals surface area contributed by atoms with Gasteiger partial charge in [0, 0.05) is 12.2 Å². The Morgan fingerprint density at radius 3 is 2.42 bits per heavy atom. The Labute approximate surface area is 158 Å². The maximum Gasteiger partial charge on any atom is 0.319 e. The van der Waals surface area contributed by atoms with Crippen LogP contribution in [0.4, 0.5) is 10.5 Å². The zero-order valence-corrected chi connectivity index (χ0v) is 15.9. The molecule has 6 nitrogen and oxygen atoms in total. The van der Waals surface area contributed by atoms with Crippen LogP contribution in [0, 0.1) is 0 Å². The number of ether oxygens (including phenoxy) is 3. The van der Waals surface area contributed by atoms with Crippen LogP contribution < -0.4 is 24.8 Å². The Bertz CT molecular complexity index is 752. The third-order valence-electron chi connectivity index (χ3n) is 3.64. The molecule has 2 amide bonds. The summed E-state index contributed by atoms with van der Waals surface area (Å²) in [6.07, 6.45) is 0.666.